The van der Waals surface area contributed by atoms with Crippen LogP contribution in [-0.2, 0) is 4.79 Å². The van der Waals surface area contributed by atoms with Gasteiger partial charge < -0.3 is 15.1 Å². The Morgan fingerprint density at radius 3 is 2.18 bits per heavy atom. The highest BCUT2D eigenvalue weighted by molar-refractivity contribution is 5.85. The van der Waals surface area contributed by atoms with Crippen molar-refractivity contribution in [1.29, 1.82) is 0 Å². The predicted molar refractivity (Wildman–Crippen MR) is 92.4 cm³/mol. The van der Waals surface area contributed by atoms with Crippen LogP contribution in [0, 0.1) is 11.8 Å². The Balaban J connectivity index is 0.00000176. The molecule has 3 fully saturated rings. The first-order valence-corrected chi connectivity index (χ1v) is 9.02. The van der Waals surface area contributed by atoms with Gasteiger partial charge >= 0.3 is 0 Å². The van der Waals surface area contributed by atoms with Gasteiger partial charge in [-0.1, -0.05) is 0 Å². The minimum absolute atomic E-state index is 0. The van der Waals surface area contributed by atoms with Gasteiger partial charge in [-0.25, -0.2) is 0 Å². The Kier molecular flexibility index (Phi) is 7.45. The zero-order valence-electron chi connectivity index (χ0n) is 13.8. The predicted octanol–water partition coefficient (Wildman–Crippen LogP) is 2.13. The molecule has 0 aliphatic carbocycles. The van der Waals surface area contributed by atoms with E-state index >= 15 is 0 Å². The van der Waals surface area contributed by atoms with Crippen LogP contribution in [0.4, 0.5) is 0 Å². The number of amides is 1. The molecule has 1 amide bonds. The van der Waals surface area contributed by atoms with Crippen molar-refractivity contribution in [2.24, 2.45) is 11.8 Å². The van der Waals surface area contributed by atoms with E-state index in [1.54, 1.807) is 0 Å². The normalized spacial score (nSPS) is 25.2. The molecule has 1 N–H and O–H groups in total. The van der Waals surface area contributed by atoms with Crippen molar-refractivity contribution < 1.29 is 4.79 Å². The van der Waals surface area contributed by atoms with Crippen LogP contribution in [0.2, 0.25) is 0 Å². The molecule has 3 saturated heterocycles. The van der Waals surface area contributed by atoms with Crippen molar-refractivity contribution >= 4 is 18.3 Å². The summed E-state index contributed by atoms with van der Waals surface area (Å²) in [6, 6.07) is 0. The lowest BCUT2D eigenvalue weighted by Crippen LogP contribution is -2.41. The van der Waals surface area contributed by atoms with Crippen LogP contribution in [0.25, 0.3) is 0 Å². The first-order chi connectivity index (χ1) is 10.3. The summed E-state index contributed by atoms with van der Waals surface area (Å²) in [6.45, 7) is 8.12. The molecule has 0 aromatic rings. The van der Waals surface area contributed by atoms with E-state index in [0.29, 0.717) is 11.8 Å². The van der Waals surface area contributed by atoms with E-state index in [1.165, 1.54) is 71.2 Å². The number of nitrogens with one attached hydrogen (secondary N) is 1. The van der Waals surface area contributed by atoms with Crippen LogP contribution in [0.5, 0.6) is 0 Å². The third-order valence-electron chi connectivity index (χ3n) is 5.60. The maximum atomic E-state index is 12.2. The van der Waals surface area contributed by atoms with E-state index in [9.17, 15) is 4.79 Å². The summed E-state index contributed by atoms with van der Waals surface area (Å²) >= 11 is 0. The first-order valence-electron chi connectivity index (χ1n) is 9.02. The van der Waals surface area contributed by atoms with Crippen molar-refractivity contribution in [2.45, 2.75) is 44.9 Å². The Morgan fingerprint density at radius 2 is 1.55 bits per heavy atom. The van der Waals surface area contributed by atoms with Gasteiger partial charge in [-0.15, -0.1) is 12.4 Å². The minimum atomic E-state index is 0. The maximum absolute atomic E-state index is 12.2. The average molecular weight is 330 g/mol. The fourth-order valence-electron chi connectivity index (χ4n) is 4.15. The van der Waals surface area contributed by atoms with Crippen LogP contribution < -0.4 is 5.32 Å². The second kappa shape index (κ2) is 9.09. The summed E-state index contributed by atoms with van der Waals surface area (Å²) in [5.74, 6) is 1.96. The van der Waals surface area contributed by atoms with Gasteiger partial charge in [0, 0.05) is 26.1 Å². The minimum Gasteiger partial charge on any atom is -0.343 e. The first kappa shape index (κ1) is 18.0. The molecule has 0 aromatic heterocycles. The summed E-state index contributed by atoms with van der Waals surface area (Å²) in [5, 5.41) is 3.45. The van der Waals surface area contributed by atoms with E-state index in [4.69, 9.17) is 0 Å². The number of hydrogen-bond acceptors (Lipinski definition) is 3. The Morgan fingerprint density at radius 1 is 0.909 bits per heavy atom. The van der Waals surface area contributed by atoms with Crippen molar-refractivity contribution in [3.63, 3.8) is 0 Å². The lowest BCUT2D eigenvalue weighted by molar-refractivity contribution is -0.131. The van der Waals surface area contributed by atoms with Crippen molar-refractivity contribution in [2.75, 3.05) is 45.8 Å². The van der Waals surface area contributed by atoms with E-state index in [-0.39, 0.29) is 12.4 Å². The summed E-state index contributed by atoms with van der Waals surface area (Å²) in [6.07, 6.45) is 8.36. The van der Waals surface area contributed by atoms with Gasteiger partial charge in [-0.3, -0.25) is 4.79 Å². The summed E-state index contributed by atoms with van der Waals surface area (Å²) in [4.78, 5) is 16.9. The van der Waals surface area contributed by atoms with Gasteiger partial charge in [-0.2, -0.15) is 0 Å². The Bertz CT molecular complexity index is 333. The number of piperidine rings is 2. The molecule has 0 spiro atoms. The van der Waals surface area contributed by atoms with Crippen LogP contribution in [0.1, 0.15) is 44.9 Å². The number of hydrogen-bond donors (Lipinski definition) is 1. The molecular formula is C17H32ClN3O. The van der Waals surface area contributed by atoms with Gasteiger partial charge in [-0.05, 0) is 76.5 Å². The quantitative estimate of drug-likeness (QED) is 0.858. The summed E-state index contributed by atoms with van der Waals surface area (Å²) in [5.41, 5.74) is 0. The van der Waals surface area contributed by atoms with Crippen molar-refractivity contribution in [3.05, 3.63) is 0 Å². The standard InChI is InChI=1S/C17H31N3O.ClH/c21-17(20-9-1-2-10-20)13-15-5-11-19(12-6-15)14-16-3-7-18-8-4-16;/h15-16,18H,1-14H2;1H. The summed E-state index contributed by atoms with van der Waals surface area (Å²) < 4.78 is 0. The lowest BCUT2D eigenvalue weighted by Gasteiger charge is -2.35. The largest absolute Gasteiger partial charge is 0.343 e. The maximum Gasteiger partial charge on any atom is 0.222 e. The van der Waals surface area contributed by atoms with E-state index in [2.05, 4.69) is 15.1 Å². The summed E-state index contributed by atoms with van der Waals surface area (Å²) in [7, 11) is 0. The SMILES string of the molecule is Cl.O=C(CC1CCN(CC2CCNCC2)CC1)N1CCCC1. The van der Waals surface area contributed by atoms with Crippen LogP contribution in [0.15, 0.2) is 0 Å². The lowest BCUT2D eigenvalue weighted by atomic mass is 9.91. The molecule has 3 heterocycles. The number of halogens is 1. The monoisotopic (exact) mass is 329 g/mol. The molecule has 3 aliphatic heterocycles. The van der Waals surface area contributed by atoms with Gasteiger partial charge in [0.2, 0.25) is 5.91 Å². The molecule has 0 radical (unpaired) electrons. The molecule has 5 heteroatoms. The van der Waals surface area contributed by atoms with Crippen LogP contribution in [-0.4, -0.2) is 61.5 Å². The zero-order chi connectivity index (χ0) is 14.5. The van der Waals surface area contributed by atoms with E-state index in [0.717, 1.165) is 25.4 Å². The number of carbonyl (C=O) groups is 1. The number of rotatable bonds is 4. The fourth-order valence-corrected chi connectivity index (χ4v) is 4.15. The number of likely N-dealkylation sites (tertiary alicyclic amines) is 2. The Labute approximate surface area is 141 Å². The molecular weight excluding hydrogens is 298 g/mol. The zero-order valence-corrected chi connectivity index (χ0v) is 14.6. The second-order valence-corrected chi connectivity index (χ2v) is 7.23. The van der Waals surface area contributed by atoms with Crippen LogP contribution in [0.3, 0.4) is 0 Å². The topological polar surface area (TPSA) is 35.6 Å². The molecule has 3 aliphatic rings. The highest BCUT2D eigenvalue weighted by atomic mass is 35.5. The van der Waals surface area contributed by atoms with E-state index < -0.39 is 0 Å². The third kappa shape index (κ3) is 5.10. The molecule has 0 saturated carbocycles. The smallest absolute Gasteiger partial charge is 0.222 e. The van der Waals surface area contributed by atoms with E-state index in [1.807, 2.05) is 0 Å². The van der Waals surface area contributed by atoms with Crippen molar-refractivity contribution in [3.8, 4) is 0 Å². The molecule has 22 heavy (non-hydrogen) atoms. The van der Waals surface area contributed by atoms with Crippen LogP contribution >= 0.6 is 12.4 Å². The molecule has 0 bridgehead atoms. The number of carbonyl (C=O) groups excluding carboxylic acids is 1. The molecule has 3 rings (SSSR count). The molecule has 4 nitrogen and oxygen atoms in total. The molecule has 0 aromatic carbocycles. The average Bonchev–Trinajstić information content (AvgIpc) is 3.05. The highest BCUT2D eigenvalue weighted by Gasteiger charge is 2.26. The highest BCUT2D eigenvalue weighted by Crippen LogP contribution is 2.24. The number of nitrogens with zero attached hydrogens (tertiary/aromatic N) is 2. The molecule has 0 unspecified atom stereocenters. The molecule has 0 atom stereocenters. The third-order valence-corrected chi connectivity index (χ3v) is 5.60. The van der Waals surface area contributed by atoms with Gasteiger partial charge in [0.1, 0.15) is 0 Å². The Hall–Kier alpha value is -0.320. The second-order valence-electron chi connectivity index (χ2n) is 7.23. The van der Waals surface area contributed by atoms with Gasteiger partial charge in [0.05, 0.1) is 0 Å². The van der Waals surface area contributed by atoms with Gasteiger partial charge in [0.15, 0.2) is 0 Å². The molecule has 128 valence electrons. The fraction of sp³-hybridized carbons (Fsp3) is 0.941. The van der Waals surface area contributed by atoms with Crippen molar-refractivity contribution in [1.82, 2.24) is 15.1 Å². The van der Waals surface area contributed by atoms with Gasteiger partial charge in [0.25, 0.3) is 0 Å².